The van der Waals surface area contributed by atoms with Gasteiger partial charge in [-0.25, -0.2) is 9.78 Å². The molecule has 3 aromatic carbocycles. The van der Waals surface area contributed by atoms with Gasteiger partial charge < -0.3 is 41.0 Å². The second-order valence-corrected chi connectivity index (χ2v) is 12.8. The number of hydrogen-bond donors (Lipinski definition) is 6. The fourth-order valence-corrected chi connectivity index (χ4v) is 5.45. The molecule has 56 heavy (non-hydrogen) atoms. The standard InChI is InChI=1S/C36H32ClF3N10O6/c1-55-31(54)27(17-42-29(52)30(53)44-25-4-2-3-21(15-25)26-16-41-19-43-26)46-28(51)20-5-11-24(12-6-20)45-32-47-33(49-34(48-32)56-18-36(38,39)40)50-35(13-14-35)22-7-9-23(37)10-8-22/h2-12,15-16,19,27H,13-14,17-18H2,1H3,(H,41,43)(H,42,52)(H,44,53)(H,46,51)(H2,45,47,48,49,50)/t27-/m0/s1. The predicted octanol–water partition coefficient (Wildman–Crippen LogP) is 4.73. The summed E-state index contributed by atoms with van der Waals surface area (Å²) in [6.45, 7) is -2.11. The number of aromatic nitrogens is 5. The number of alkyl halides is 3. The van der Waals surface area contributed by atoms with E-state index in [1.54, 1.807) is 42.6 Å². The van der Waals surface area contributed by atoms with Crippen molar-refractivity contribution < 1.29 is 41.8 Å². The number of nitrogens with one attached hydrogen (secondary N) is 6. The van der Waals surface area contributed by atoms with Crippen LogP contribution in [0.3, 0.4) is 0 Å². The third-order valence-electron chi connectivity index (χ3n) is 8.26. The molecule has 20 heteroatoms. The molecule has 0 radical (unpaired) electrons. The summed E-state index contributed by atoms with van der Waals surface area (Å²) in [6, 6.07) is 17.5. The molecule has 5 aromatic rings. The highest BCUT2D eigenvalue weighted by Gasteiger charge is 2.45. The fraction of sp³-hybridized carbons (Fsp3) is 0.222. The largest absolute Gasteiger partial charge is 0.467 e. The summed E-state index contributed by atoms with van der Waals surface area (Å²) in [5.74, 6) is -3.91. The summed E-state index contributed by atoms with van der Waals surface area (Å²) < 4.78 is 48.5. The number of imidazole rings is 1. The van der Waals surface area contributed by atoms with Crippen molar-refractivity contribution >= 4 is 58.6 Å². The van der Waals surface area contributed by atoms with Gasteiger partial charge in [0, 0.05) is 40.3 Å². The highest BCUT2D eigenvalue weighted by Crippen LogP contribution is 2.48. The minimum Gasteiger partial charge on any atom is -0.467 e. The first-order chi connectivity index (χ1) is 26.8. The van der Waals surface area contributed by atoms with Crippen molar-refractivity contribution in [3.8, 4) is 17.3 Å². The van der Waals surface area contributed by atoms with Gasteiger partial charge >= 0.3 is 30.0 Å². The molecule has 1 atom stereocenters. The average molecular weight is 793 g/mol. The number of aromatic amines is 1. The molecule has 0 aliphatic heterocycles. The molecule has 16 nitrogen and oxygen atoms in total. The number of rotatable bonds is 14. The average Bonchev–Trinajstić information content (AvgIpc) is 3.73. The fourth-order valence-electron chi connectivity index (χ4n) is 5.32. The Kier molecular flexibility index (Phi) is 11.6. The Hall–Kier alpha value is -6.76. The zero-order valence-corrected chi connectivity index (χ0v) is 30.0. The summed E-state index contributed by atoms with van der Waals surface area (Å²) in [5, 5.41) is 13.8. The molecule has 3 amide bonds. The first-order valence-corrected chi connectivity index (χ1v) is 17.1. The van der Waals surface area contributed by atoms with Crippen molar-refractivity contribution in [2.75, 3.05) is 36.2 Å². The van der Waals surface area contributed by atoms with Gasteiger partial charge in [-0.15, -0.1) is 0 Å². The van der Waals surface area contributed by atoms with Gasteiger partial charge in [-0.2, -0.15) is 28.1 Å². The SMILES string of the molecule is COC(=O)[C@H](CNC(=O)C(=O)Nc1cccc(-c2c[nH]cn2)c1)NC(=O)c1ccc(Nc2nc(NC3(c4ccc(Cl)cc4)CC3)nc(OCC(F)(F)F)n2)cc1. The van der Waals surface area contributed by atoms with Crippen LogP contribution in [-0.2, 0) is 24.7 Å². The maximum atomic E-state index is 13.1. The van der Waals surface area contributed by atoms with E-state index in [4.69, 9.17) is 21.1 Å². The maximum absolute atomic E-state index is 13.1. The molecule has 0 saturated heterocycles. The molecule has 1 aliphatic rings. The van der Waals surface area contributed by atoms with E-state index in [9.17, 15) is 32.3 Å². The number of nitrogens with zero attached hydrogens (tertiary/aromatic N) is 4. The number of H-pyrrole nitrogens is 1. The van der Waals surface area contributed by atoms with Crippen LogP contribution in [0.1, 0.15) is 28.8 Å². The number of ether oxygens (including phenoxy) is 2. The molecule has 0 unspecified atom stereocenters. The van der Waals surface area contributed by atoms with Gasteiger partial charge in [0.1, 0.15) is 6.04 Å². The number of amides is 3. The molecular formula is C36H32ClF3N10O6. The van der Waals surface area contributed by atoms with Crippen molar-refractivity contribution in [1.29, 1.82) is 0 Å². The molecule has 6 N–H and O–H groups in total. The third-order valence-corrected chi connectivity index (χ3v) is 8.51. The van der Waals surface area contributed by atoms with E-state index >= 15 is 0 Å². The molecule has 2 heterocycles. The second-order valence-electron chi connectivity index (χ2n) is 12.3. The monoisotopic (exact) mass is 792 g/mol. The Morgan fingerprint density at radius 3 is 2.32 bits per heavy atom. The van der Waals surface area contributed by atoms with Crippen molar-refractivity contribution in [2.24, 2.45) is 0 Å². The first-order valence-electron chi connectivity index (χ1n) is 16.7. The van der Waals surface area contributed by atoms with E-state index in [1.807, 2.05) is 12.1 Å². The van der Waals surface area contributed by atoms with Crippen molar-refractivity contribution in [1.82, 2.24) is 35.6 Å². The minimum atomic E-state index is -4.65. The lowest BCUT2D eigenvalue weighted by Gasteiger charge is -2.19. The van der Waals surface area contributed by atoms with Crippen LogP contribution in [0.2, 0.25) is 5.02 Å². The number of carbonyl (C=O) groups is 4. The summed E-state index contributed by atoms with van der Waals surface area (Å²) in [7, 11) is 1.09. The van der Waals surface area contributed by atoms with Crippen LogP contribution in [-0.4, -0.2) is 81.1 Å². The quantitative estimate of drug-likeness (QED) is 0.0666. The number of carbonyl (C=O) groups excluding carboxylic acids is 4. The molecule has 1 fully saturated rings. The molecule has 1 saturated carbocycles. The van der Waals surface area contributed by atoms with Crippen LogP contribution in [0.15, 0.2) is 85.3 Å². The Morgan fingerprint density at radius 1 is 0.929 bits per heavy atom. The number of halogens is 4. The van der Waals surface area contributed by atoms with E-state index in [1.165, 1.54) is 30.6 Å². The molecule has 290 valence electrons. The Balaban J connectivity index is 1.08. The number of methoxy groups -OCH3 is 1. The zero-order valence-electron chi connectivity index (χ0n) is 29.2. The van der Waals surface area contributed by atoms with Crippen molar-refractivity contribution in [3.05, 3.63) is 101 Å². The minimum absolute atomic E-state index is 0.0408. The Labute approximate surface area is 321 Å². The smallest absolute Gasteiger partial charge is 0.422 e. The first kappa shape index (κ1) is 38.9. The lowest BCUT2D eigenvalue weighted by atomic mass is 10.1. The predicted molar refractivity (Wildman–Crippen MR) is 196 cm³/mol. The molecule has 1 aliphatic carbocycles. The van der Waals surface area contributed by atoms with Gasteiger partial charge in [-0.3, -0.25) is 14.4 Å². The lowest BCUT2D eigenvalue weighted by molar-refractivity contribution is -0.154. The van der Waals surface area contributed by atoms with Gasteiger partial charge in [0.15, 0.2) is 6.61 Å². The molecular weight excluding hydrogens is 761 g/mol. The normalized spacial score (nSPS) is 13.4. The molecule has 0 bridgehead atoms. The van der Waals surface area contributed by atoms with E-state index in [-0.39, 0.29) is 17.5 Å². The van der Waals surface area contributed by atoms with Gasteiger partial charge in [0.25, 0.3) is 5.91 Å². The highest BCUT2D eigenvalue weighted by atomic mass is 35.5. The Morgan fingerprint density at radius 2 is 1.66 bits per heavy atom. The number of esters is 1. The molecule has 0 spiro atoms. The van der Waals surface area contributed by atoms with E-state index in [0.717, 1.165) is 12.7 Å². The van der Waals surface area contributed by atoms with Gasteiger partial charge in [0.05, 0.1) is 24.7 Å². The topological polar surface area (TPSA) is 214 Å². The summed E-state index contributed by atoms with van der Waals surface area (Å²) in [4.78, 5) is 70.1. The van der Waals surface area contributed by atoms with Crippen LogP contribution in [0.5, 0.6) is 6.01 Å². The summed E-state index contributed by atoms with van der Waals surface area (Å²) >= 11 is 6.03. The van der Waals surface area contributed by atoms with E-state index in [0.29, 0.717) is 40.5 Å². The van der Waals surface area contributed by atoms with Crippen LogP contribution >= 0.6 is 11.6 Å². The third kappa shape index (κ3) is 10.3. The number of hydrogen-bond acceptors (Lipinski definition) is 12. The number of anilines is 4. The van der Waals surface area contributed by atoms with E-state index in [2.05, 4.69) is 51.5 Å². The molecule has 2 aromatic heterocycles. The number of benzene rings is 3. The lowest BCUT2D eigenvalue weighted by Crippen LogP contribution is -2.50. The van der Waals surface area contributed by atoms with Crippen LogP contribution in [0, 0.1) is 0 Å². The van der Waals surface area contributed by atoms with Gasteiger partial charge in [-0.1, -0.05) is 35.9 Å². The summed E-state index contributed by atoms with van der Waals surface area (Å²) in [6.07, 6.45) is -0.0808. The molecule has 6 rings (SSSR count). The highest BCUT2D eigenvalue weighted by molar-refractivity contribution is 6.39. The maximum Gasteiger partial charge on any atom is 0.422 e. The van der Waals surface area contributed by atoms with Crippen LogP contribution < -0.4 is 31.3 Å². The Bertz CT molecular complexity index is 2200. The van der Waals surface area contributed by atoms with E-state index < -0.39 is 60.6 Å². The van der Waals surface area contributed by atoms with Gasteiger partial charge in [-0.05, 0) is 66.9 Å². The summed E-state index contributed by atoms with van der Waals surface area (Å²) in [5.41, 5.74) is 2.37. The second kappa shape index (κ2) is 16.7. The van der Waals surface area contributed by atoms with Crippen molar-refractivity contribution in [3.63, 3.8) is 0 Å². The zero-order chi connectivity index (χ0) is 39.9. The van der Waals surface area contributed by atoms with Crippen molar-refractivity contribution in [2.45, 2.75) is 30.6 Å². The van der Waals surface area contributed by atoms with Crippen LogP contribution in [0.4, 0.5) is 36.4 Å². The van der Waals surface area contributed by atoms with Crippen LogP contribution in [0.25, 0.3) is 11.3 Å². The van der Waals surface area contributed by atoms with Gasteiger partial charge in [0.2, 0.25) is 11.9 Å².